The summed E-state index contributed by atoms with van der Waals surface area (Å²) >= 11 is 1.59. The fraction of sp³-hybridized carbons (Fsp3) is 0.312. The number of carbonyl (C=O) groups excluding carboxylic acids is 1. The third kappa shape index (κ3) is 4.31. The van der Waals surface area contributed by atoms with Crippen LogP contribution in [0.3, 0.4) is 0 Å². The molecule has 5 heteroatoms. The largest absolute Gasteiger partial charge is 0.508 e. The average Bonchev–Trinajstić information content (AvgIpc) is 3.00. The van der Waals surface area contributed by atoms with Crippen LogP contribution in [0.25, 0.3) is 0 Å². The summed E-state index contributed by atoms with van der Waals surface area (Å²) in [6.45, 7) is 2.47. The maximum Gasteiger partial charge on any atom is 0.307 e. The van der Waals surface area contributed by atoms with Crippen LogP contribution in [0, 0.1) is 6.92 Å². The second-order valence-corrected chi connectivity index (χ2v) is 5.84. The summed E-state index contributed by atoms with van der Waals surface area (Å²) in [6.07, 6.45) is 0.267. The maximum absolute atomic E-state index is 11.5. The smallest absolute Gasteiger partial charge is 0.307 e. The first kappa shape index (κ1) is 15.5. The SMILES string of the molecule is COC(=O)CC(NCc1cc(C)ccc1O)c1cccs1. The minimum absolute atomic E-state index is 0.114. The summed E-state index contributed by atoms with van der Waals surface area (Å²) in [6, 6.07) is 9.32. The molecule has 1 aromatic heterocycles. The van der Waals surface area contributed by atoms with Crippen LogP contribution in [-0.4, -0.2) is 18.2 Å². The molecule has 2 rings (SSSR count). The van der Waals surface area contributed by atoms with Crippen molar-refractivity contribution in [1.82, 2.24) is 5.32 Å². The Bertz CT molecular complexity index is 596. The lowest BCUT2D eigenvalue weighted by atomic mass is 10.1. The van der Waals surface area contributed by atoms with Gasteiger partial charge in [0.1, 0.15) is 5.75 Å². The van der Waals surface area contributed by atoms with E-state index in [2.05, 4.69) is 5.32 Å². The Morgan fingerprint density at radius 3 is 2.90 bits per heavy atom. The quantitative estimate of drug-likeness (QED) is 0.805. The summed E-state index contributed by atoms with van der Waals surface area (Å²) in [7, 11) is 1.39. The molecule has 0 radical (unpaired) electrons. The number of aromatic hydroxyl groups is 1. The molecule has 0 aliphatic carbocycles. The normalized spacial score (nSPS) is 12.1. The van der Waals surface area contributed by atoms with Crippen LogP contribution in [0.5, 0.6) is 5.75 Å². The van der Waals surface area contributed by atoms with E-state index in [1.165, 1.54) is 7.11 Å². The summed E-state index contributed by atoms with van der Waals surface area (Å²) in [5.41, 5.74) is 1.91. The van der Waals surface area contributed by atoms with Crippen molar-refractivity contribution in [3.05, 3.63) is 51.7 Å². The maximum atomic E-state index is 11.5. The highest BCUT2D eigenvalue weighted by Gasteiger charge is 2.17. The number of methoxy groups -OCH3 is 1. The van der Waals surface area contributed by atoms with Crippen molar-refractivity contribution in [3.63, 3.8) is 0 Å². The molecule has 1 aromatic carbocycles. The molecule has 0 fully saturated rings. The Morgan fingerprint density at radius 2 is 2.24 bits per heavy atom. The van der Waals surface area contributed by atoms with Gasteiger partial charge in [0.2, 0.25) is 0 Å². The van der Waals surface area contributed by atoms with Crippen molar-refractivity contribution in [2.45, 2.75) is 25.9 Å². The number of hydrogen-bond acceptors (Lipinski definition) is 5. The second kappa shape index (κ2) is 7.24. The molecule has 0 spiro atoms. The van der Waals surface area contributed by atoms with E-state index in [9.17, 15) is 9.90 Å². The molecule has 2 aromatic rings. The zero-order valence-electron chi connectivity index (χ0n) is 12.1. The van der Waals surface area contributed by atoms with Gasteiger partial charge < -0.3 is 15.2 Å². The number of rotatable bonds is 6. The van der Waals surface area contributed by atoms with Crippen molar-refractivity contribution in [2.24, 2.45) is 0 Å². The van der Waals surface area contributed by atoms with Gasteiger partial charge in [0, 0.05) is 17.0 Å². The second-order valence-electron chi connectivity index (χ2n) is 4.86. The highest BCUT2D eigenvalue weighted by molar-refractivity contribution is 7.10. The number of benzene rings is 1. The number of aryl methyl sites for hydroxylation is 1. The Morgan fingerprint density at radius 1 is 1.43 bits per heavy atom. The third-order valence-corrected chi connectivity index (χ3v) is 4.24. The Kier molecular flexibility index (Phi) is 5.36. The van der Waals surface area contributed by atoms with Gasteiger partial charge in [-0.2, -0.15) is 0 Å². The van der Waals surface area contributed by atoms with E-state index in [1.54, 1.807) is 17.4 Å². The van der Waals surface area contributed by atoms with Crippen molar-refractivity contribution >= 4 is 17.3 Å². The van der Waals surface area contributed by atoms with Gasteiger partial charge in [-0.05, 0) is 24.4 Å². The summed E-state index contributed by atoms with van der Waals surface area (Å²) in [4.78, 5) is 12.6. The number of nitrogens with one attached hydrogen (secondary N) is 1. The van der Waals surface area contributed by atoms with E-state index < -0.39 is 0 Å². The monoisotopic (exact) mass is 305 g/mol. The first-order chi connectivity index (χ1) is 10.1. The summed E-state index contributed by atoms with van der Waals surface area (Å²) < 4.78 is 4.75. The number of ether oxygens (including phenoxy) is 1. The Balaban J connectivity index is 2.08. The molecular weight excluding hydrogens is 286 g/mol. The van der Waals surface area contributed by atoms with Crippen molar-refractivity contribution in [3.8, 4) is 5.75 Å². The van der Waals surface area contributed by atoms with Crippen LogP contribution in [-0.2, 0) is 16.1 Å². The predicted octanol–water partition coefficient (Wildman–Crippen LogP) is 3.16. The predicted molar refractivity (Wildman–Crippen MR) is 83.4 cm³/mol. The standard InChI is InChI=1S/C16H19NO3S/c1-11-5-6-14(18)12(8-11)10-17-13(9-16(19)20-2)15-4-3-7-21-15/h3-8,13,17-18H,9-10H2,1-2H3. The zero-order valence-corrected chi connectivity index (χ0v) is 12.9. The van der Waals surface area contributed by atoms with Crippen molar-refractivity contribution in [2.75, 3.05) is 7.11 Å². The summed E-state index contributed by atoms with van der Waals surface area (Å²) in [5, 5.41) is 15.2. The first-order valence-corrected chi connectivity index (χ1v) is 7.60. The van der Waals surface area contributed by atoms with E-state index in [0.29, 0.717) is 6.54 Å². The van der Waals surface area contributed by atoms with Crippen molar-refractivity contribution in [1.29, 1.82) is 0 Å². The number of thiophene rings is 1. The van der Waals surface area contributed by atoms with Crippen LogP contribution in [0.4, 0.5) is 0 Å². The molecule has 1 unspecified atom stereocenters. The number of hydrogen-bond donors (Lipinski definition) is 2. The fourth-order valence-corrected chi connectivity index (χ4v) is 2.90. The topological polar surface area (TPSA) is 58.6 Å². The van der Waals surface area contributed by atoms with Crippen LogP contribution < -0.4 is 5.32 Å². The molecule has 0 saturated heterocycles. The number of carbonyl (C=O) groups is 1. The van der Waals surface area contributed by atoms with E-state index >= 15 is 0 Å². The molecule has 112 valence electrons. The highest BCUT2D eigenvalue weighted by atomic mass is 32.1. The lowest BCUT2D eigenvalue weighted by Gasteiger charge is -2.17. The third-order valence-electron chi connectivity index (χ3n) is 3.26. The average molecular weight is 305 g/mol. The molecule has 0 bridgehead atoms. The van der Waals surface area contributed by atoms with Gasteiger partial charge in [-0.3, -0.25) is 4.79 Å². The van der Waals surface area contributed by atoms with E-state index in [0.717, 1.165) is 16.0 Å². The minimum Gasteiger partial charge on any atom is -0.508 e. The molecule has 0 amide bonds. The molecule has 0 saturated carbocycles. The van der Waals surface area contributed by atoms with Gasteiger partial charge >= 0.3 is 5.97 Å². The van der Waals surface area contributed by atoms with Gasteiger partial charge in [-0.15, -0.1) is 11.3 Å². The number of phenols is 1. The van der Waals surface area contributed by atoms with E-state index in [4.69, 9.17) is 4.74 Å². The highest BCUT2D eigenvalue weighted by Crippen LogP contribution is 2.24. The Hall–Kier alpha value is -1.85. The fourth-order valence-electron chi connectivity index (χ4n) is 2.10. The number of phenolic OH excluding ortho intramolecular Hbond substituents is 1. The Labute approximate surface area is 128 Å². The molecule has 0 aliphatic rings. The van der Waals surface area contributed by atoms with E-state index in [1.807, 2.05) is 36.6 Å². The molecule has 21 heavy (non-hydrogen) atoms. The van der Waals surface area contributed by atoms with Crippen LogP contribution in [0.15, 0.2) is 35.7 Å². The zero-order chi connectivity index (χ0) is 15.2. The van der Waals surface area contributed by atoms with Gasteiger partial charge in [-0.1, -0.05) is 23.8 Å². The molecule has 1 atom stereocenters. The van der Waals surface area contributed by atoms with Gasteiger partial charge in [0.15, 0.2) is 0 Å². The summed E-state index contributed by atoms with van der Waals surface area (Å²) in [5.74, 6) is 0.00506. The van der Waals surface area contributed by atoms with Crippen molar-refractivity contribution < 1.29 is 14.6 Å². The number of esters is 1. The van der Waals surface area contributed by atoms with Gasteiger partial charge in [-0.25, -0.2) is 0 Å². The molecule has 2 N–H and O–H groups in total. The van der Waals surface area contributed by atoms with Crippen LogP contribution in [0.2, 0.25) is 0 Å². The molecular formula is C16H19NO3S. The van der Waals surface area contributed by atoms with Crippen LogP contribution in [0.1, 0.15) is 28.5 Å². The minimum atomic E-state index is -0.255. The lowest BCUT2D eigenvalue weighted by molar-refractivity contribution is -0.141. The molecule has 1 heterocycles. The van der Waals surface area contributed by atoms with Gasteiger partial charge in [0.05, 0.1) is 19.6 Å². The first-order valence-electron chi connectivity index (χ1n) is 6.72. The lowest BCUT2D eigenvalue weighted by Crippen LogP contribution is -2.23. The molecule has 4 nitrogen and oxygen atoms in total. The van der Waals surface area contributed by atoms with Gasteiger partial charge in [0.25, 0.3) is 0 Å². The van der Waals surface area contributed by atoms with Crippen LogP contribution >= 0.6 is 11.3 Å². The van der Waals surface area contributed by atoms with E-state index in [-0.39, 0.29) is 24.2 Å². The molecule has 0 aliphatic heterocycles.